The van der Waals surface area contributed by atoms with Gasteiger partial charge in [0.05, 0.1) is 11.6 Å². The molecule has 0 radical (unpaired) electrons. The minimum atomic E-state index is -0.673. The van der Waals surface area contributed by atoms with E-state index in [0.717, 1.165) is 6.07 Å². The van der Waals surface area contributed by atoms with Gasteiger partial charge in [0.1, 0.15) is 5.82 Å². The zero-order valence-electron chi connectivity index (χ0n) is 9.24. The van der Waals surface area contributed by atoms with Gasteiger partial charge in [-0.2, -0.15) is 0 Å². The van der Waals surface area contributed by atoms with Gasteiger partial charge in [0.15, 0.2) is 0 Å². The number of nitrogens with two attached hydrogens (primary N) is 1. The largest absolute Gasteiger partial charge is 0.368 e. The Balaban J connectivity index is 2.93. The molecule has 0 spiro atoms. The molecule has 6 heteroatoms. The summed E-state index contributed by atoms with van der Waals surface area (Å²) in [6.07, 6.45) is 0. The van der Waals surface area contributed by atoms with Crippen molar-refractivity contribution in [3.05, 3.63) is 34.6 Å². The highest BCUT2D eigenvalue weighted by molar-refractivity contribution is 6.30. The number of hydrogen-bond donors (Lipinski definition) is 1. The van der Waals surface area contributed by atoms with E-state index in [2.05, 4.69) is 0 Å². The molecule has 0 aliphatic carbocycles. The van der Waals surface area contributed by atoms with Gasteiger partial charge in [0.25, 0.3) is 5.91 Å². The smallest absolute Gasteiger partial charge is 0.254 e. The maximum atomic E-state index is 13.2. The third kappa shape index (κ3) is 3.42. The van der Waals surface area contributed by atoms with Gasteiger partial charge in [-0.25, -0.2) is 4.39 Å². The van der Waals surface area contributed by atoms with Crippen LogP contribution >= 0.6 is 11.6 Å². The Kier molecular flexibility index (Phi) is 4.45. The second-order valence-electron chi connectivity index (χ2n) is 3.41. The number of carbonyl (C=O) groups is 2. The molecule has 0 aliphatic rings. The highest BCUT2D eigenvalue weighted by Gasteiger charge is 2.17. The third-order valence-corrected chi connectivity index (χ3v) is 2.49. The van der Waals surface area contributed by atoms with Crippen molar-refractivity contribution in [1.29, 1.82) is 0 Å². The molecule has 0 bridgehead atoms. The van der Waals surface area contributed by atoms with Crippen molar-refractivity contribution in [1.82, 2.24) is 4.90 Å². The molecule has 92 valence electrons. The predicted octanol–water partition coefficient (Wildman–Crippen LogP) is 1.43. The van der Waals surface area contributed by atoms with Crippen molar-refractivity contribution in [3.8, 4) is 0 Å². The minimum absolute atomic E-state index is 0.0560. The molecule has 0 fully saturated rings. The number of amides is 2. The second kappa shape index (κ2) is 5.63. The molecule has 0 saturated carbocycles. The van der Waals surface area contributed by atoms with E-state index in [1.807, 2.05) is 0 Å². The maximum Gasteiger partial charge on any atom is 0.254 e. The number of benzene rings is 1. The van der Waals surface area contributed by atoms with E-state index in [1.54, 1.807) is 6.92 Å². The molecule has 0 unspecified atom stereocenters. The first-order valence-electron chi connectivity index (χ1n) is 4.98. The minimum Gasteiger partial charge on any atom is -0.368 e. The van der Waals surface area contributed by atoms with Gasteiger partial charge in [-0.3, -0.25) is 9.59 Å². The van der Waals surface area contributed by atoms with Gasteiger partial charge in [-0.05, 0) is 25.1 Å². The van der Waals surface area contributed by atoms with E-state index in [0.29, 0.717) is 6.54 Å². The van der Waals surface area contributed by atoms with Crippen LogP contribution in [0.25, 0.3) is 0 Å². The number of carbonyl (C=O) groups excluding carboxylic acids is 2. The lowest BCUT2D eigenvalue weighted by atomic mass is 10.2. The summed E-state index contributed by atoms with van der Waals surface area (Å²) in [5.41, 5.74) is 5.15. The van der Waals surface area contributed by atoms with E-state index in [1.165, 1.54) is 17.0 Å². The molecular weight excluding hydrogens is 247 g/mol. The van der Waals surface area contributed by atoms with E-state index >= 15 is 0 Å². The van der Waals surface area contributed by atoms with Crippen LogP contribution in [0.5, 0.6) is 0 Å². The molecule has 0 aliphatic heterocycles. The van der Waals surface area contributed by atoms with Crippen LogP contribution in [0.2, 0.25) is 5.02 Å². The zero-order valence-corrected chi connectivity index (χ0v) is 10.00. The van der Waals surface area contributed by atoms with Gasteiger partial charge in [-0.15, -0.1) is 0 Å². The molecule has 1 rings (SSSR count). The van der Waals surface area contributed by atoms with Crippen molar-refractivity contribution in [3.63, 3.8) is 0 Å². The summed E-state index contributed by atoms with van der Waals surface area (Å²) in [6, 6.07) is 3.73. The van der Waals surface area contributed by atoms with Crippen molar-refractivity contribution < 1.29 is 14.0 Å². The Hall–Kier alpha value is -1.62. The molecule has 1 aromatic rings. The lowest BCUT2D eigenvalue weighted by molar-refractivity contribution is -0.118. The van der Waals surface area contributed by atoms with Gasteiger partial charge < -0.3 is 10.6 Å². The topological polar surface area (TPSA) is 63.4 Å². The van der Waals surface area contributed by atoms with Crippen LogP contribution in [0, 0.1) is 5.82 Å². The normalized spacial score (nSPS) is 10.1. The fraction of sp³-hybridized carbons (Fsp3) is 0.273. The molecule has 2 N–H and O–H groups in total. The van der Waals surface area contributed by atoms with Crippen LogP contribution in [-0.4, -0.2) is 29.8 Å². The molecule has 0 heterocycles. The number of likely N-dealkylation sites (N-methyl/N-ethyl adjacent to an activating group) is 1. The Morgan fingerprint density at radius 3 is 2.59 bits per heavy atom. The van der Waals surface area contributed by atoms with Gasteiger partial charge in [-0.1, -0.05) is 11.6 Å². The fourth-order valence-electron chi connectivity index (χ4n) is 1.33. The fourth-order valence-corrected chi connectivity index (χ4v) is 1.44. The van der Waals surface area contributed by atoms with Crippen molar-refractivity contribution in [2.75, 3.05) is 13.1 Å². The van der Waals surface area contributed by atoms with Gasteiger partial charge in [0.2, 0.25) is 5.91 Å². The summed E-state index contributed by atoms with van der Waals surface area (Å²) in [6.45, 7) is 1.82. The molecular formula is C11H12ClFN2O2. The lowest BCUT2D eigenvalue weighted by Crippen LogP contribution is -2.38. The van der Waals surface area contributed by atoms with E-state index < -0.39 is 17.6 Å². The number of hydrogen-bond acceptors (Lipinski definition) is 2. The average Bonchev–Trinajstić information content (AvgIpc) is 2.28. The molecule has 17 heavy (non-hydrogen) atoms. The van der Waals surface area contributed by atoms with E-state index in [9.17, 15) is 14.0 Å². The Morgan fingerprint density at radius 2 is 2.12 bits per heavy atom. The molecule has 0 atom stereocenters. The first-order valence-corrected chi connectivity index (χ1v) is 5.36. The Bertz CT molecular complexity index is 451. The number of nitrogens with zero attached hydrogens (tertiary/aromatic N) is 1. The van der Waals surface area contributed by atoms with Crippen LogP contribution in [0.15, 0.2) is 18.2 Å². The molecule has 0 saturated heterocycles. The SMILES string of the molecule is CCN(CC(N)=O)C(=O)c1ccc(Cl)c(F)c1. The molecule has 1 aromatic carbocycles. The summed E-state index contributed by atoms with van der Waals surface area (Å²) >= 11 is 5.51. The van der Waals surface area contributed by atoms with Crippen LogP contribution in [0.3, 0.4) is 0 Å². The van der Waals surface area contributed by atoms with Crippen LogP contribution < -0.4 is 5.73 Å². The zero-order chi connectivity index (χ0) is 13.0. The number of rotatable bonds is 4. The highest BCUT2D eigenvalue weighted by Crippen LogP contribution is 2.16. The van der Waals surface area contributed by atoms with Crippen molar-refractivity contribution in [2.24, 2.45) is 5.73 Å². The monoisotopic (exact) mass is 258 g/mol. The highest BCUT2D eigenvalue weighted by atomic mass is 35.5. The van der Waals surface area contributed by atoms with Gasteiger partial charge in [0, 0.05) is 12.1 Å². The quantitative estimate of drug-likeness (QED) is 0.888. The van der Waals surface area contributed by atoms with Gasteiger partial charge >= 0.3 is 0 Å². The summed E-state index contributed by atoms with van der Waals surface area (Å²) in [5.74, 6) is -1.75. The standard InChI is InChI=1S/C11H12ClFN2O2/c1-2-15(6-10(14)16)11(17)7-3-4-8(12)9(13)5-7/h3-5H,2,6H2,1H3,(H2,14,16). The third-order valence-electron chi connectivity index (χ3n) is 2.18. The number of primary amides is 1. The Labute approximate surface area is 103 Å². The van der Waals surface area contributed by atoms with Crippen molar-refractivity contribution in [2.45, 2.75) is 6.92 Å². The van der Waals surface area contributed by atoms with E-state index in [-0.39, 0.29) is 17.1 Å². The second-order valence-corrected chi connectivity index (χ2v) is 3.82. The van der Waals surface area contributed by atoms with Crippen LogP contribution in [-0.2, 0) is 4.79 Å². The van der Waals surface area contributed by atoms with Crippen molar-refractivity contribution >= 4 is 23.4 Å². The molecule has 4 nitrogen and oxygen atoms in total. The first kappa shape index (κ1) is 13.4. The Morgan fingerprint density at radius 1 is 1.47 bits per heavy atom. The molecule has 0 aromatic heterocycles. The predicted molar refractivity (Wildman–Crippen MR) is 62.2 cm³/mol. The van der Waals surface area contributed by atoms with E-state index in [4.69, 9.17) is 17.3 Å². The molecule has 2 amide bonds. The summed E-state index contributed by atoms with van der Waals surface area (Å²) in [7, 11) is 0. The summed E-state index contributed by atoms with van der Waals surface area (Å²) < 4.78 is 13.2. The lowest BCUT2D eigenvalue weighted by Gasteiger charge is -2.19. The van der Waals surface area contributed by atoms with Crippen LogP contribution in [0.4, 0.5) is 4.39 Å². The average molecular weight is 259 g/mol. The summed E-state index contributed by atoms with van der Waals surface area (Å²) in [5, 5.41) is -0.0560. The maximum absolute atomic E-state index is 13.2. The van der Waals surface area contributed by atoms with Crippen LogP contribution in [0.1, 0.15) is 17.3 Å². The number of halogens is 2. The first-order chi connectivity index (χ1) is 7.95. The summed E-state index contributed by atoms with van der Waals surface area (Å²) in [4.78, 5) is 23.9.